The van der Waals surface area contributed by atoms with Gasteiger partial charge in [-0.15, -0.1) is 0 Å². The number of aryl methyl sites for hydroxylation is 1. The molecule has 2 aromatic rings. The van der Waals surface area contributed by atoms with Gasteiger partial charge in [-0.2, -0.15) is 0 Å². The van der Waals surface area contributed by atoms with Gasteiger partial charge in [0.25, 0.3) is 0 Å². The van der Waals surface area contributed by atoms with Crippen molar-refractivity contribution in [2.24, 2.45) is 10.9 Å². The van der Waals surface area contributed by atoms with Gasteiger partial charge in [-0.3, -0.25) is 0 Å². The standard InChI is InChI=1S/C15H16N2O2/c1-2-11-7-3-5-9-13(11)19-14-10-6-4-8-12(14)15(16)17-18/h3-10,18H,2H2,1H3,(H2,16,17). The minimum Gasteiger partial charge on any atom is -0.456 e. The summed E-state index contributed by atoms with van der Waals surface area (Å²) in [4.78, 5) is 0. The first-order valence-corrected chi connectivity index (χ1v) is 6.09. The monoisotopic (exact) mass is 256 g/mol. The number of hydrogen-bond acceptors (Lipinski definition) is 3. The van der Waals surface area contributed by atoms with E-state index in [0.29, 0.717) is 11.3 Å². The van der Waals surface area contributed by atoms with Crippen molar-refractivity contribution in [1.29, 1.82) is 0 Å². The van der Waals surface area contributed by atoms with E-state index in [1.807, 2.05) is 36.4 Å². The van der Waals surface area contributed by atoms with Crippen molar-refractivity contribution in [3.8, 4) is 11.5 Å². The van der Waals surface area contributed by atoms with Crippen LogP contribution in [0.15, 0.2) is 53.7 Å². The fourth-order valence-corrected chi connectivity index (χ4v) is 1.84. The second kappa shape index (κ2) is 5.91. The fourth-order valence-electron chi connectivity index (χ4n) is 1.84. The number of benzene rings is 2. The Labute approximate surface area is 112 Å². The SMILES string of the molecule is CCc1ccccc1Oc1ccccc1/C(N)=N/O. The van der Waals surface area contributed by atoms with Gasteiger partial charge in [0.1, 0.15) is 11.5 Å². The van der Waals surface area contributed by atoms with Crippen LogP contribution in [0.25, 0.3) is 0 Å². The Hall–Kier alpha value is -2.49. The molecule has 0 fully saturated rings. The summed E-state index contributed by atoms with van der Waals surface area (Å²) >= 11 is 0. The van der Waals surface area contributed by atoms with Crippen LogP contribution in [0.1, 0.15) is 18.1 Å². The van der Waals surface area contributed by atoms with E-state index in [1.54, 1.807) is 12.1 Å². The second-order valence-electron chi connectivity index (χ2n) is 4.04. The largest absolute Gasteiger partial charge is 0.456 e. The lowest BCUT2D eigenvalue weighted by Gasteiger charge is -2.12. The maximum absolute atomic E-state index is 8.79. The summed E-state index contributed by atoms with van der Waals surface area (Å²) in [6.45, 7) is 2.07. The molecule has 0 saturated carbocycles. The van der Waals surface area contributed by atoms with E-state index >= 15 is 0 Å². The highest BCUT2D eigenvalue weighted by Gasteiger charge is 2.10. The van der Waals surface area contributed by atoms with Gasteiger partial charge in [0.2, 0.25) is 0 Å². The topological polar surface area (TPSA) is 67.8 Å². The molecule has 0 unspecified atom stereocenters. The van der Waals surface area contributed by atoms with Crippen molar-refractivity contribution in [3.05, 3.63) is 59.7 Å². The molecule has 0 aliphatic rings. The van der Waals surface area contributed by atoms with Gasteiger partial charge in [-0.25, -0.2) is 0 Å². The smallest absolute Gasteiger partial charge is 0.173 e. The summed E-state index contributed by atoms with van der Waals surface area (Å²) in [7, 11) is 0. The molecule has 4 heteroatoms. The molecule has 0 spiro atoms. The molecule has 2 rings (SSSR count). The number of nitrogens with zero attached hydrogens (tertiary/aromatic N) is 1. The van der Waals surface area contributed by atoms with Gasteiger partial charge < -0.3 is 15.7 Å². The molecule has 3 N–H and O–H groups in total. The summed E-state index contributed by atoms with van der Waals surface area (Å²) in [5, 5.41) is 11.8. The highest BCUT2D eigenvalue weighted by Crippen LogP contribution is 2.28. The number of oxime groups is 1. The zero-order valence-electron chi connectivity index (χ0n) is 10.7. The van der Waals surface area contributed by atoms with Gasteiger partial charge in [0.05, 0.1) is 5.56 Å². The number of ether oxygens (including phenoxy) is 1. The molecule has 0 aliphatic carbocycles. The van der Waals surface area contributed by atoms with Crippen molar-refractivity contribution in [2.75, 3.05) is 0 Å². The minimum atomic E-state index is 0.0320. The summed E-state index contributed by atoms with van der Waals surface area (Å²) < 4.78 is 5.88. The van der Waals surface area contributed by atoms with Gasteiger partial charge in [-0.05, 0) is 30.2 Å². The van der Waals surface area contributed by atoms with Gasteiger partial charge in [0, 0.05) is 0 Å². The molecule has 0 amide bonds. The zero-order valence-corrected chi connectivity index (χ0v) is 10.7. The third-order valence-corrected chi connectivity index (χ3v) is 2.84. The Bertz CT molecular complexity index is 594. The van der Waals surface area contributed by atoms with Crippen LogP contribution in [0.5, 0.6) is 11.5 Å². The van der Waals surface area contributed by atoms with Crippen LogP contribution in [-0.2, 0) is 6.42 Å². The van der Waals surface area contributed by atoms with Crippen molar-refractivity contribution in [1.82, 2.24) is 0 Å². The third kappa shape index (κ3) is 2.85. The Morgan fingerprint density at radius 1 is 1.11 bits per heavy atom. The lowest BCUT2D eigenvalue weighted by molar-refractivity contribution is 0.318. The summed E-state index contributed by atoms with van der Waals surface area (Å²) in [6, 6.07) is 15.0. The Morgan fingerprint density at radius 2 is 1.74 bits per heavy atom. The lowest BCUT2D eigenvalue weighted by Crippen LogP contribution is -2.14. The van der Waals surface area contributed by atoms with E-state index < -0.39 is 0 Å². The van der Waals surface area contributed by atoms with Crippen LogP contribution in [0, 0.1) is 0 Å². The summed E-state index contributed by atoms with van der Waals surface area (Å²) in [6.07, 6.45) is 0.877. The van der Waals surface area contributed by atoms with E-state index in [0.717, 1.165) is 17.7 Å². The summed E-state index contributed by atoms with van der Waals surface area (Å²) in [5.41, 5.74) is 7.31. The zero-order chi connectivity index (χ0) is 13.7. The minimum absolute atomic E-state index is 0.0320. The van der Waals surface area contributed by atoms with Crippen LogP contribution < -0.4 is 10.5 Å². The second-order valence-corrected chi connectivity index (χ2v) is 4.04. The van der Waals surface area contributed by atoms with Crippen LogP contribution in [0.2, 0.25) is 0 Å². The predicted octanol–water partition coefficient (Wildman–Crippen LogP) is 3.14. The number of nitrogens with two attached hydrogens (primary N) is 1. The van der Waals surface area contributed by atoms with Gasteiger partial charge in [0.15, 0.2) is 5.84 Å². The van der Waals surface area contributed by atoms with Crippen molar-refractivity contribution in [3.63, 3.8) is 0 Å². The molecule has 2 aromatic carbocycles. The van der Waals surface area contributed by atoms with E-state index in [1.165, 1.54) is 0 Å². The van der Waals surface area contributed by atoms with Crippen molar-refractivity contribution >= 4 is 5.84 Å². The predicted molar refractivity (Wildman–Crippen MR) is 74.8 cm³/mol. The highest BCUT2D eigenvalue weighted by molar-refractivity contribution is 5.99. The average molecular weight is 256 g/mol. The number of hydrogen-bond donors (Lipinski definition) is 2. The average Bonchev–Trinajstić information content (AvgIpc) is 2.47. The molecule has 4 nitrogen and oxygen atoms in total. The van der Waals surface area contributed by atoms with E-state index in [4.69, 9.17) is 15.7 Å². The van der Waals surface area contributed by atoms with Crippen LogP contribution >= 0.6 is 0 Å². The first-order valence-electron chi connectivity index (χ1n) is 6.09. The molecule has 0 heterocycles. The number of amidine groups is 1. The van der Waals surface area contributed by atoms with Gasteiger partial charge >= 0.3 is 0 Å². The Morgan fingerprint density at radius 3 is 2.42 bits per heavy atom. The van der Waals surface area contributed by atoms with E-state index in [9.17, 15) is 0 Å². The van der Waals surface area contributed by atoms with Gasteiger partial charge in [-0.1, -0.05) is 42.4 Å². The van der Waals surface area contributed by atoms with E-state index in [2.05, 4.69) is 12.1 Å². The third-order valence-electron chi connectivity index (χ3n) is 2.84. The molecule has 98 valence electrons. The maximum atomic E-state index is 8.79. The highest BCUT2D eigenvalue weighted by atomic mass is 16.5. The molecule has 19 heavy (non-hydrogen) atoms. The molecule has 0 radical (unpaired) electrons. The first kappa shape index (κ1) is 13.0. The Balaban J connectivity index is 2.39. The normalized spacial score (nSPS) is 11.3. The molecular weight excluding hydrogens is 240 g/mol. The number of rotatable bonds is 4. The molecule has 0 aromatic heterocycles. The first-order chi connectivity index (χ1) is 9.26. The lowest BCUT2D eigenvalue weighted by atomic mass is 10.1. The van der Waals surface area contributed by atoms with E-state index in [-0.39, 0.29) is 5.84 Å². The van der Waals surface area contributed by atoms with Crippen molar-refractivity contribution in [2.45, 2.75) is 13.3 Å². The maximum Gasteiger partial charge on any atom is 0.173 e. The molecule has 0 aliphatic heterocycles. The molecule has 0 bridgehead atoms. The quantitative estimate of drug-likeness (QED) is 0.382. The fraction of sp³-hybridized carbons (Fsp3) is 0.133. The van der Waals surface area contributed by atoms with Crippen LogP contribution in [0.3, 0.4) is 0 Å². The van der Waals surface area contributed by atoms with Crippen molar-refractivity contribution < 1.29 is 9.94 Å². The van der Waals surface area contributed by atoms with Crippen LogP contribution in [-0.4, -0.2) is 11.0 Å². The molecular formula is C15H16N2O2. The Kier molecular flexibility index (Phi) is 4.03. The number of para-hydroxylation sites is 2. The molecule has 0 saturated heterocycles. The molecule has 0 atom stereocenters. The summed E-state index contributed by atoms with van der Waals surface area (Å²) in [5.74, 6) is 1.38. The van der Waals surface area contributed by atoms with Crippen LogP contribution in [0.4, 0.5) is 0 Å².